The Morgan fingerprint density at radius 3 is 2.18 bits per heavy atom. The fraction of sp³-hybridized carbons (Fsp3) is 0.458. The molecule has 0 bridgehead atoms. The summed E-state index contributed by atoms with van der Waals surface area (Å²) in [6.07, 6.45) is 2.13. The molecule has 1 heterocycles. The van der Waals surface area contributed by atoms with Crippen molar-refractivity contribution >= 4 is 40.5 Å². The number of aromatic amines is 1. The molecule has 14 nitrogen and oxygen atoms in total. The lowest BCUT2D eigenvalue weighted by Crippen LogP contribution is -2.58. The molecule has 0 aliphatic carbocycles. The maximum Gasteiger partial charge on any atom is 0.326 e. The number of aliphatic carboxylic acids is 1. The van der Waals surface area contributed by atoms with Gasteiger partial charge in [-0.1, -0.05) is 18.2 Å². The molecule has 14 heteroatoms. The maximum absolute atomic E-state index is 13.1. The molecule has 1 aromatic heterocycles. The molecule has 12 N–H and O–H groups in total. The number of carbonyl (C=O) groups is 5. The third-order valence-electron chi connectivity index (χ3n) is 5.87. The molecular weight excluding hydrogens is 498 g/mol. The van der Waals surface area contributed by atoms with Gasteiger partial charge in [-0.25, -0.2) is 4.79 Å². The largest absolute Gasteiger partial charge is 0.480 e. The number of primary amides is 1. The number of aliphatic hydroxyl groups excluding tert-OH is 1. The van der Waals surface area contributed by atoms with Crippen molar-refractivity contribution in [2.75, 3.05) is 13.2 Å². The SMILES string of the molecule is NCCCCC(NC(=O)C(CC(N)=O)NC(=O)C(N)CO)C(=O)NC(Cc1c[nH]c2ccccc12)C(=O)O. The average Bonchev–Trinajstić information content (AvgIpc) is 3.29. The third-order valence-corrected chi connectivity index (χ3v) is 5.87. The number of H-pyrrole nitrogens is 1. The number of hydrogen-bond donors (Lipinski definition) is 9. The van der Waals surface area contributed by atoms with E-state index in [1.807, 2.05) is 24.3 Å². The summed E-state index contributed by atoms with van der Waals surface area (Å²) in [5.74, 6) is -4.75. The van der Waals surface area contributed by atoms with Crippen LogP contribution < -0.4 is 33.2 Å². The molecule has 0 spiro atoms. The molecule has 4 atom stereocenters. The average molecular weight is 534 g/mol. The van der Waals surface area contributed by atoms with Crippen LogP contribution in [0.1, 0.15) is 31.2 Å². The molecular formula is C24H35N7O7. The topological polar surface area (TPSA) is 256 Å². The Kier molecular flexibility index (Phi) is 11.7. The molecule has 38 heavy (non-hydrogen) atoms. The quantitative estimate of drug-likeness (QED) is 0.104. The number of carbonyl (C=O) groups excluding carboxylic acids is 4. The molecule has 0 radical (unpaired) electrons. The zero-order valence-electron chi connectivity index (χ0n) is 20.8. The smallest absolute Gasteiger partial charge is 0.326 e. The van der Waals surface area contributed by atoms with Gasteiger partial charge in [0.15, 0.2) is 0 Å². The number of unbranched alkanes of at least 4 members (excludes halogenated alkanes) is 1. The van der Waals surface area contributed by atoms with Gasteiger partial charge in [0, 0.05) is 23.5 Å². The molecule has 4 unspecified atom stereocenters. The second kappa shape index (κ2) is 14.7. The molecule has 4 amide bonds. The molecule has 0 saturated heterocycles. The van der Waals surface area contributed by atoms with Gasteiger partial charge in [0.2, 0.25) is 23.6 Å². The number of fused-ring (bicyclic) bond motifs is 1. The fourth-order valence-corrected chi connectivity index (χ4v) is 3.80. The van der Waals surface area contributed by atoms with Gasteiger partial charge >= 0.3 is 5.97 Å². The predicted molar refractivity (Wildman–Crippen MR) is 137 cm³/mol. The highest BCUT2D eigenvalue weighted by atomic mass is 16.4. The first-order valence-corrected chi connectivity index (χ1v) is 12.1. The van der Waals surface area contributed by atoms with E-state index >= 15 is 0 Å². The van der Waals surface area contributed by atoms with E-state index in [4.69, 9.17) is 22.3 Å². The van der Waals surface area contributed by atoms with Crippen LogP contribution in [0.5, 0.6) is 0 Å². The summed E-state index contributed by atoms with van der Waals surface area (Å²) in [6.45, 7) is -0.367. The van der Waals surface area contributed by atoms with Crippen molar-refractivity contribution in [3.63, 3.8) is 0 Å². The van der Waals surface area contributed by atoms with E-state index < -0.39 is 66.8 Å². The number of benzene rings is 1. The van der Waals surface area contributed by atoms with Gasteiger partial charge in [-0.3, -0.25) is 19.2 Å². The fourth-order valence-electron chi connectivity index (χ4n) is 3.80. The minimum atomic E-state index is -1.47. The van der Waals surface area contributed by atoms with Crippen LogP contribution in [0.4, 0.5) is 0 Å². The van der Waals surface area contributed by atoms with Crippen molar-refractivity contribution < 1.29 is 34.2 Å². The molecule has 0 aliphatic heterocycles. The third kappa shape index (κ3) is 8.83. The highest BCUT2D eigenvalue weighted by Gasteiger charge is 2.31. The number of amides is 4. The van der Waals surface area contributed by atoms with Crippen LogP contribution in [0.3, 0.4) is 0 Å². The number of nitrogens with one attached hydrogen (secondary N) is 4. The van der Waals surface area contributed by atoms with E-state index in [0.29, 0.717) is 24.9 Å². The Morgan fingerprint density at radius 2 is 1.55 bits per heavy atom. The molecule has 2 rings (SSSR count). The van der Waals surface area contributed by atoms with Crippen LogP contribution in [-0.4, -0.2) is 82.1 Å². The summed E-state index contributed by atoms with van der Waals surface area (Å²) in [5.41, 5.74) is 17.7. The van der Waals surface area contributed by atoms with Crippen LogP contribution in [0.15, 0.2) is 30.5 Å². The van der Waals surface area contributed by atoms with Gasteiger partial charge < -0.3 is 48.3 Å². The van der Waals surface area contributed by atoms with Gasteiger partial charge in [-0.05, 0) is 37.4 Å². The Labute approximate surface area is 218 Å². The van der Waals surface area contributed by atoms with Crippen molar-refractivity contribution in [2.45, 2.75) is 56.3 Å². The van der Waals surface area contributed by atoms with Gasteiger partial charge in [-0.2, -0.15) is 0 Å². The maximum atomic E-state index is 13.1. The summed E-state index contributed by atoms with van der Waals surface area (Å²) in [6, 6.07) is 1.99. The number of hydrogen-bond acceptors (Lipinski definition) is 8. The zero-order chi connectivity index (χ0) is 28.2. The van der Waals surface area contributed by atoms with E-state index in [0.717, 1.165) is 10.9 Å². The van der Waals surface area contributed by atoms with Gasteiger partial charge in [0.25, 0.3) is 0 Å². The van der Waals surface area contributed by atoms with Crippen LogP contribution in [0.2, 0.25) is 0 Å². The van der Waals surface area contributed by atoms with Crippen molar-refractivity contribution in [1.82, 2.24) is 20.9 Å². The minimum absolute atomic E-state index is 0.0199. The van der Waals surface area contributed by atoms with E-state index in [1.54, 1.807) is 6.20 Å². The molecule has 0 aliphatic rings. The Balaban J connectivity index is 2.19. The Bertz CT molecular complexity index is 1140. The monoisotopic (exact) mass is 533 g/mol. The highest BCUT2D eigenvalue weighted by molar-refractivity contribution is 5.96. The first-order valence-electron chi connectivity index (χ1n) is 12.1. The Morgan fingerprint density at radius 1 is 0.921 bits per heavy atom. The second-order valence-corrected chi connectivity index (χ2v) is 8.83. The van der Waals surface area contributed by atoms with Crippen molar-refractivity contribution in [3.8, 4) is 0 Å². The molecule has 2 aromatic rings. The van der Waals surface area contributed by atoms with E-state index in [9.17, 15) is 29.1 Å². The first kappa shape index (κ1) is 30.2. The lowest BCUT2D eigenvalue weighted by molar-refractivity contribution is -0.142. The summed E-state index contributed by atoms with van der Waals surface area (Å²) in [5, 5.41) is 26.8. The van der Waals surface area contributed by atoms with Crippen molar-refractivity contribution in [3.05, 3.63) is 36.0 Å². The van der Waals surface area contributed by atoms with Crippen molar-refractivity contribution in [1.29, 1.82) is 0 Å². The summed E-state index contributed by atoms with van der Waals surface area (Å²) in [7, 11) is 0. The first-order chi connectivity index (χ1) is 18.1. The number of carboxylic acid groups (broad SMARTS) is 1. The zero-order valence-corrected chi connectivity index (χ0v) is 20.8. The normalized spacial score (nSPS) is 14.2. The standard InChI is InChI=1S/C24H35N7O7/c25-8-4-3-7-17(29-23(36)18(10-20(27)33)30-21(34)15(26)12-32)22(35)31-19(24(37)38)9-13-11-28-16-6-2-1-5-14(13)16/h1-2,5-6,11,15,17-19,28,32H,3-4,7-10,12,25-26H2,(H2,27,33)(H,29,36)(H,30,34)(H,31,35)(H,37,38). The van der Waals surface area contributed by atoms with E-state index in [2.05, 4.69) is 20.9 Å². The van der Waals surface area contributed by atoms with Crippen LogP contribution in [0, 0.1) is 0 Å². The lowest BCUT2D eigenvalue weighted by atomic mass is 10.0. The number of aromatic nitrogens is 1. The van der Waals surface area contributed by atoms with Gasteiger partial charge in [0.1, 0.15) is 24.2 Å². The number of aliphatic hydroxyl groups is 1. The molecule has 0 fully saturated rings. The minimum Gasteiger partial charge on any atom is -0.480 e. The number of rotatable bonds is 16. The number of carboxylic acids is 1. The van der Waals surface area contributed by atoms with Crippen LogP contribution in [-0.2, 0) is 30.4 Å². The Hall–Kier alpha value is -4.01. The summed E-state index contributed by atoms with van der Waals surface area (Å²) >= 11 is 0. The van der Waals surface area contributed by atoms with E-state index in [1.165, 1.54) is 0 Å². The predicted octanol–water partition coefficient (Wildman–Crippen LogP) is -2.43. The van der Waals surface area contributed by atoms with E-state index in [-0.39, 0.29) is 12.8 Å². The second-order valence-electron chi connectivity index (χ2n) is 8.83. The molecule has 208 valence electrons. The van der Waals surface area contributed by atoms with Gasteiger partial charge in [-0.15, -0.1) is 0 Å². The number of para-hydroxylation sites is 1. The summed E-state index contributed by atoms with van der Waals surface area (Å²) in [4.78, 5) is 64.7. The van der Waals surface area contributed by atoms with Crippen LogP contribution in [0.25, 0.3) is 10.9 Å². The molecule has 0 saturated carbocycles. The summed E-state index contributed by atoms with van der Waals surface area (Å²) < 4.78 is 0. The lowest BCUT2D eigenvalue weighted by Gasteiger charge is -2.24. The van der Waals surface area contributed by atoms with Crippen LogP contribution >= 0.6 is 0 Å². The highest BCUT2D eigenvalue weighted by Crippen LogP contribution is 2.19. The van der Waals surface area contributed by atoms with Crippen molar-refractivity contribution in [2.24, 2.45) is 17.2 Å². The van der Waals surface area contributed by atoms with Gasteiger partial charge in [0.05, 0.1) is 13.0 Å². The number of nitrogens with two attached hydrogens (primary N) is 3. The molecule has 1 aromatic carbocycles.